The number of amides is 3. The lowest BCUT2D eigenvalue weighted by Crippen LogP contribution is -2.49. The van der Waals surface area contributed by atoms with Crippen LogP contribution in [-0.4, -0.2) is 45.8 Å². The van der Waals surface area contributed by atoms with Crippen molar-refractivity contribution in [2.24, 2.45) is 0 Å². The first-order chi connectivity index (χ1) is 13.0. The lowest BCUT2D eigenvalue weighted by molar-refractivity contribution is -0.136. The second kappa shape index (κ2) is 6.99. The lowest BCUT2D eigenvalue weighted by atomic mass is 10.1. The molecule has 0 atom stereocenters. The Morgan fingerprint density at radius 1 is 1.25 bits per heavy atom. The molecule has 2 N–H and O–H groups in total. The van der Waals surface area contributed by atoms with E-state index < -0.39 is 23.7 Å². The predicted molar refractivity (Wildman–Crippen MR) is 100 cm³/mol. The summed E-state index contributed by atoms with van der Waals surface area (Å²) in [7, 11) is 0. The number of carboxylic acids is 1. The second-order valence-corrected chi connectivity index (χ2v) is 7.53. The van der Waals surface area contributed by atoms with Crippen molar-refractivity contribution in [2.75, 3.05) is 11.4 Å². The Kier molecular flexibility index (Phi) is 4.84. The molecule has 0 radical (unpaired) electrons. The summed E-state index contributed by atoms with van der Waals surface area (Å²) < 4.78 is 6.66. The van der Waals surface area contributed by atoms with Crippen molar-refractivity contribution in [3.05, 3.63) is 30.0 Å². The molecule has 1 aliphatic heterocycles. The number of aliphatic carboxylic acids is 1. The number of aromatic nitrogens is 1. The van der Waals surface area contributed by atoms with Gasteiger partial charge in [-0.3, -0.25) is 24.4 Å². The fourth-order valence-corrected chi connectivity index (χ4v) is 3.03. The number of fused-ring (bicyclic) bond motifs is 1. The lowest BCUT2D eigenvalue weighted by Gasteiger charge is -2.26. The molecule has 1 fully saturated rings. The van der Waals surface area contributed by atoms with Crippen LogP contribution in [0.1, 0.15) is 32.8 Å². The first-order valence-electron chi connectivity index (χ1n) is 8.75. The summed E-state index contributed by atoms with van der Waals surface area (Å²) in [5.41, 5.74) is 0.638. The van der Waals surface area contributed by atoms with Gasteiger partial charge in [-0.2, -0.15) is 0 Å². The van der Waals surface area contributed by atoms with Gasteiger partial charge >= 0.3 is 18.1 Å². The Morgan fingerprint density at radius 2 is 1.96 bits per heavy atom. The van der Waals surface area contributed by atoms with Gasteiger partial charge in [-0.1, -0.05) is 6.07 Å². The van der Waals surface area contributed by atoms with Crippen molar-refractivity contribution in [1.82, 2.24) is 9.88 Å². The summed E-state index contributed by atoms with van der Waals surface area (Å²) in [6.45, 7) is 5.41. The molecule has 0 spiro atoms. The fraction of sp³-hybridized carbons (Fsp3) is 0.368. The minimum Gasteiger partial charge on any atom is -0.481 e. The van der Waals surface area contributed by atoms with Crippen molar-refractivity contribution in [3.8, 4) is 0 Å². The highest BCUT2D eigenvalue weighted by atomic mass is 16.6. The van der Waals surface area contributed by atoms with Crippen molar-refractivity contribution in [3.63, 3.8) is 0 Å². The van der Waals surface area contributed by atoms with Crippen LogP contribution in [0.3, 0.4) is 0 Å². The first kappa shape index (κ1) is 19.4. The minimum atomic E-state index is -1.03. The molecule has 2 aromatic rings. The Bertz CT molecular complexity index is 985. The maximum absolute atomic E-state index is 12.6. The Hall–Kier alpha value is -3.36. The molecular formula is C19H21N3O6. The summed E-state index contributed by atoms with van der Waals surface area (Å²) >= 11 is 0. The van der Waals surface area contributed by atoms with Gasteiger partial charge in [-0.15, -0.1) is 0 Å². The summed E-state index contributed by atoms with van der Waals surface area (Å²) in [6, 6.07) is 4.38. The topological polar surface area (TPSA) is 118 Å². The van der Waals surface area contributed by atoms with Gasteiger partial charge in [0.1, 0.15) is 5.60 Å². The Morgan fingerprint density at radius 3 is 2.57 bits per heavy atom. The van der Waals surface area contributed by atoms with Crippen molar-refractivity contribution in [2.45, 2.75) is 39.2 Å². The zero-order chi connectivity index (χ0) is 20.6. The third-order valence-corrected chi connectivity index (χ3v) is 4.17. The zero-order valence-corrected chi connectivity index (χ0v) is 15.8. The number of hydrogen-bond donors (Lipinski definition) is 2. The molecule has 1 saturated heterocycles. The first-order valence-corrected chi connectivity index (χ1v) is 8.75. The third kappa shape index (κ3) is 3.98. The number of benzene rings is 1. The molecule has 28 heavy (non-hydrogen) atoms. The number of rotatable bonds is 3. The molecule has 2 heterocycles. The summed E-state index contributed by atoms with van der Waals surface area (Å²) in [5, 5.41) is 12.0. The number of hydrogen-bond acceptors (Lipinski definition) is 5. The molecule has 0 saturated carbocycles. The highest BCUT2D eigenvalue weighted by molar-refractivity contribution is 6.06. The average Bonchev–Trinajstić information content (AvgIpc) is 2.90. The van der Waals surface area contributed by atoms with Crippen LogP contribution in [0.2, 0.25) is 0 Å². The number of imide groups is 1. The van der Waals surface area contributed by atoms with E-state index in [4.69, 9.17) is 9.84 Å². The zero-order valence-electron chi connectivity index (χ0n) is 15.8. The normalized spacial score (nSPS) is 14.9. The third-order valence-electron chi connectivity index (χ3n) is 4.17. The highest BCUT2D eigenvalue weighted by Crippen LogP contribution is 2.29. The monoisotopic (exact) mass is 387 g/mol. The number of carboxylic acid groups (broad SMARTS) is 1. The molecule has 3 amide bonds. The molecular weight excluding hydrogens is 366 g/mol. The van der Waals surface area contributed by atoms with Crippen LogP contribution in [0.5, 0.6) is 0 Å². The molecule has 9 nitrogen and oxygen atoms in total. The minimum absolute atomic E-state index is 0.168. The quantitative estimate of drug-likeness (QED) is 0.835. The molecule has 1 aromatic carbocycles. The predicted octanol–water partition coefficient (Wildman–Crippen LogP) is 2.50. The van der Waals surface area contributed by atoms with Crippen LogP contribution in [-0.2, 0) is 20.7 Å². The Balaban J connectivity index is 2.08. The molecule has 1 aliphatic rings. The molecule has 1 aromatic heterocycles. The molecule has 0 bridgehead atoms. The van der Waals surface area contributed by atoms with Gasteiger partial charge in [0.05, 0.1) is 11.9 Å². The number of carbonyl (C=O) groups is 4. The van der Waals surface area contributed by atoms with E-state index in [-0.39, 0.29) is 25.3 Å². The highest BCUT2D eigenvalue weighted by Gasteiger charge is 2.26. The maximum Gasteiger partial charge on any atom is 0.419 e. The van der Waals surface area contributed by atoms with Gasteiger partial charge in [-0.05, 0) is 38.5 Å². The van der Waals surface area contributed by atoms with E-state index in [1.54, 1.807) is 39.0 Å². The van der Waals surface area contributed by atoms with Gasteiger partial charge in [-0.25, -0.2) is 9.59 Å². The molecule has 9 heteroatoms. The van der Waals surface area contributed by atoms with Crippen LogP contribution in [0.4, 0.5) is 15.3 Å². The van der Waals surface area contributed by atoms with Gasteiger partial charge in [0.15, 0.2) is 0 Å². The second-order valence-electron chi connectivity index (χ2n) is 7.53. The summed E-state index contributed by atoms with van der Waals surface area (Å²) in [6.07, 6.45) is 0.701. The van der Waals surface area contributed by atoms with E-state index in [1.165, 1.54) is 15.7 Å². The number of urea groups is 1. The molecule has 0 unspecified atom stereocenters. The van der Waals surface area contributed by atoms with E-state index >= 15 is 0 Å². The van der Waals surface area contributed by atoms with Gasteiger partial charge in [0.25, 0.3) is 0 Å². The SMILES string of the molecule is CC(C)(C)OC(=O)n1cc(CC(=O)O)c2ccc(N3CCC(=O)NC3=O)cc21. The van der Waals surface area contributed by atoms with Gasteiger partial charge < -0.3 is 9.84 Å². The fourth-order valence-electron chi connectivity index (χ4n) is 3.03. The van der Waals surface area contributed by atoms with E-state index in [9.17, 15) is 19.2 Å². The molecule has 3 rings (SSSR count). The van der Waals surface area contributed by atoms with Crippen molar-refractivity contribution < 1.29 is 29.0 Å². The molecule has 0 aliphatic carbocycles. The van der Waals surface area contributed by atoms with Crippen LogP contribution in [0.15, 0.2) is 24.4 Å². The summed E-state index contributed by atoms with van der Waals surface area (Å²) in [4.78, 5) is 48.7. The number of nitrogens with one attached hydrogen (secondary N) is 1. The van der Waals surface area contributed by atoms with E-state index in [1.807, 2.05) is 0 Å². The molecule has 148 valence electrons. The van der Waals surface area contributed by atoms with Crippen molar-refractivity contribution >= 4 is 40.6 Å². The van der Waals surface area contributed by atoms with Crippen LogP contribution < -0.4 is 10.2 Å². The maximum atomic E-state index is 12.6. The van der Waals surface area contributed by atoms with Crippen LogP contribution >= 0.6 is 0 Å². The van der Waals surface area contributed by atoms with Gasteiger partial charge in [0.2, 0.25) is 5.91 Å². The smallest absolute Gasteiger partial charge is 0.419 e. The number of nitrogens with zero attached hydrogens (tertiary/aromatic N) is 2. The largest absolute Gasteiger partial charge is 0.481 e. The van der Waals surface area contributed by atoms with E-state index in [2.05, 4.69) is 5.32 Å². The Labute approximate surface area is 160 Å². The van der Waals surface area contributed by atoms with Crippen LogP contribution in [0, 0.1) is 0 Å². The van der Waals surface area contributed by atoms with E-state index in [0.717, 1.165) is 0 Å². The van der Waals surface area contributed by atoms with Crippen LogP contribution in [0.25, 0.3) is 10.9 Å². The van der Waals surface area contributed by atoms with Crippen molar-refractivity contribution in [1.29, 1.82) is 0 Å². The number of anilines is 1. The average molecular weight is 387 g/mol. The van der Waals surface area contributed by atoms with Gasteiger partial charge in [0, 0.05) is 30.2 Å². The number of ether oxygens (including phenoxy) is 1. The summed E-state index contributed by atoms with van der Waals surface area (Å²) in [5.74, 6) is -1.37. The standard InChI is InChI=1S/C19H21N3O6/c1-19(2,3)28-18(27)22-10-11(8-16(24)25)13-5-4-12(9-14(13)22)21-7-6-15(23)20-17(21)26/h4-5,9-10H,6-8H2,1-3H3,(H,24,25)(H,20,23,26). The number of carbonyl (C=O) groups excluding carboxylic acids is 3. The van der Waals surface area contributed by atoms with E-state index in [0.29, 0.717) is 22.2 Å².